The Balaban J connectivity index is 3.90. The molecule has 1 unspecified atom stereocenters. The molecule has 5 heteroatoms. The molecule has 0 rings (SSSR count). The first-order valence-electron chi connectivity index (χ1n) is 3.18. The molecule has 0 saturated carbocycles. The Hall–Kier alpha value is -0.130. The van der Waals surface area contributed by atoms with Crippen LogP contribution < -0.4 is 11.5 Å². The smallest absolute Gasteiger partial charge is 0.151 e. The van der Waals surface area contributed by atoms with E-state index >= 15 is 0 Å². The molecule has 10 heavy (non-hydrogen) atoms. The van der Waals surface area contributed by atoms with Crippen molar-refractivity contribution in [3.05, 3.63) is 0 Å². The summed E-state index contributed by atoms with van der Waals surface area (Å²) in [6, 6.07) is -0.412. The van der Waals surface area contributed by atoms with E-state index in [0.717, 1.165) is 0 Å². The van der Waals surface area contributed by atoms with E-state index in [1.807, 2.05) is 0 Å². The van der Waals surface area contributed by atoms with Crippen molar-refractivity contribution >= 4 is 9.84 Å². The maximum atomic E-state index is 10.8. The van der Waals surface area contributed by atoms with Crippen molar-refractivity contribution in [2.24, 2.45) is 11.5 Å². The van der Waals surface area contributed by atoms with Crippen LogP contribution in [0.3, 0.4) is 0 Å². The first-order valence-corrected chi connectivity index (χ1v) is 5.00. The minimum Gasteiger partial charge on any atom is -0.329 e. The molecule has 4 N–H and O–H groups in total. The van der Waals surface area contributed by atoms with E-state index in [9.17, 15) is 8.42 Å². The number of rotatable bonds is 4. The van der Waals surface area contributed by atoms with Gasteiger partial charge >= 0.3 is 0 Å². The van der Waals surface area contributed by atoms with Gasteiger partial charge in [0.05, 0.1) is 5.75 Å². The van der Waals surface area contributed by atoms with Gasteiger partial charge in [0.2, 0.25) is 0 Å². The second kappa shape index (κ2) is 3.90. The van der Waals surface area contributed by atoms with E-state index in [1.165, 1.54) is 0 Å². The van der Waals surface area contributed by atoms with Gasteiger partial charge in [0.15, 0.2) is 9.84 Å². The van der Waals surface area contributed by atoms with Crippen molar-refractivity contribution in [2.45, 2.75) is 13.0 Å². The van der Waals surface area contributed by atoms with Crippen molar-refractivity contribution < 1.29 is 8.42 Å². The van der Waals surface area contributed by atoms with Crippen molar-refractivity contribution in [1.82, 2.24) is 0 Å². The fourth-order valence-electron chi connectivity index (χ4n) is 0.512. The fourth-order valence-corrected chi connectivity index (χ4v) is 1.54. The molecule has 4 nitrogen and oxygen atoms in total. The van der Waals surface area contributed by atoms with Crippen LogP contribution in [0.5, 0.6) is 0 Å². The maximum absolute atomic E-state index is 10.8. The number of hydrogen-bond donors (Lipinski definition) is 2. The maximum Gasteiger partial charge on any atom is 0.151 e. The van der Waals surface area contributed by atoms with Gasteiger partial charge in [-0.2, -0.15) is 0 Å². The van der Waals surface area contributed by atoms with Gasteiger partial charge < -0.3 is 11.5 Å². The second-order valence-electron chi connectivity index (χ2n) is 2.19. The molecular weight excluding hydrogens is 152 g/mol. The van der Waals surface area contributed by atoms with Crippen LogP contribution in [0.1, 0.15) is 6.92 Å². The summed E-state index contributed by atoms with van der Waals surface area (Å²) < 4.78 is 21.7. The molecule has 0 heterocycles. The van der Waals surface area contributed by atoms with Gasteiger partial charge in [0.25, 0.3) is 0 Å². The Labute approximate surface area is 61.5 Å². The van der Waals surface area contributed by atoms with Gasteiger partial charge in [-0.1, -0.05) is 6.92 Å². The molecule has 0 amide bonds. The third-order valence-corrected chi connectivity index (χ3v) is 3.03. The molecule has 62 valence electrons. The highest BCUT2D eigenvalue weighted by Crippen LogP contribution is 1.90. The van der Waals surface area contributed by atoms with E-state index in [2.05, 4.69) is 0 Å². The van der Waals surface area contributed by atoms with Gasteiger partial charge in [-0.3, -0.25) is 0 Å². The summed E-state index contributed by atoms with van der Waals surface area (Å²) in [5, 5.41) is 0. The molecule has 1 atom stereocenters. The summed E-state index contributed by atoms with van der Waals surface area (Å²) in [5.41, 5.74) is 10.5. The van der Waals surface area contributed by atoms with Crippen molar-refractivity contribution in [1.29, 1.82) is 0 Å². The Bertz CT molecular complexity index is 176. The summed E-state index contributed by atoms with van der Waals surface area (Å²) in [7, 11) is -2.94. The topological polar surface area (TPSA) is 86.2 Å². The van der Waals surface area contributed by atoms with Crippen LogP contribution in [0.4, 0.5) is 0 Å². The van der Waals surface area contributed by atoms with Crippen LogP contribution in [0, 0.1) is 0 Å². The highest BCUT2D eigenvalue weighted by atomic mass is 32.2. The third-order valence-electron chi connectivity index (χ3n) is 1.21. The molecule has 0 spiro atoms. The lowest BCUT2D eigenvalue weighted by molar-refractivity contribution is 0.588. The lowest BCUT2D eigenvalue weighted by atomic mass is 10.4. The lowest BCUT2D eigenvalue weighted by Gasteiger charge is -2.06. The van der Waals surface area contributed by atoms with Crippen LogP contribution in [0.15, 0.2) is 0 Å². The number of nitrogens with two attached hydrogens (primary N) is 2. The van der Waals surface area contributed by atoms with E-state index in [-0.39, 0.29) is 18.1 Å². The first kappa shape index (κ1) is 9.87. The van der Waals surface area contributed by atoms with Crippen LogP contribution in [-0.2, 0) is 9.84 Å². The van der Waals surface area contributed by atoms with Gasteiger partial charge in [0, 0.05) is 18.3 Å². The molecule has 0 radical (unpaired) electrons. The van der Waals surface area contributed by atoms with E-state index in [0.29, 0.717) is 0 Å². The zero-order valence-electron chi connectivity index (χ0n) is 6.08. The van der Waals surface area contributed by atoms with Gasteiger partial charge in [-0.05, 0) is 0 Å². The van der Waals surface area contributed by atoms with E-state index in [1.54, 1.807) is 6.92 Å². The summed E-state index contributed by atoms with van der Waals surface area (Å²) in [4.78, 5) is 0. The summed E-state index contributed by atoms with van der Waals surface area (Å²) >= 11 is 0. The molecule has 0 aromatic rings. The number of sulfone groups is 1. The summed E-state index contributed by atoms with van der Waals surface area (Å²) in [6.45, 7) is 1.82. The zero-order valence-corrected chi connectivity index (χ0v) is 6.89. The fraction of sp³-hybridized carbons (Fsp3) is 1.00. The van der Waals surface area contributed by atoms with Crippen LogP contribution in [-0.4, -0.2) is 32.5 Å². The Morgan fingerprint density at radius 1 is 1.50 bits per heavy atom. The molecule has 0 aliphatic heterocycles. The lowest BCUT2D eigenvalue weighted by Crippen LogP contribution is -2.37. The summed E-state index contributed by atoms with van der Waals surface area (Å²) in [5.74, 6) is 0.140. The predicted octanol–water partition coefficient (Wildman–Crippen LogP) is -1.29. The molecule has 0 aliphatic rings. The second-order valence-corrected chi connectivity index (χ2v) is 4.59. The van der Waals surface area contributed by atoms with Gasteiger partial charge in [-0.15, -0.1) is 0 Å². The highest BCUT2D eigenvalue weighted by Gasteiger charge is 2.11. The Kier molecular flexibility index (Phi) is 3.85. The van der Waals surface area contributed by atoms with Crippen LogP contribution in [0.25, 0.3) is 0 Å². The zero-order chi connectivity index (χ0) is 8.20. The molecular formula is C5H14N2O2S. The molecule has 0 aromatic carbocycles. The quantitative estimate of drug-likeness (QED) is 0.544. The molecule has 0 aliphatic carbocycles. The normalized spacial score (nSPS) is 15.1. The van der Waals surface area contributed by atoms with E-state index < -0.39 is 15.9 Å². The minimum atomic E-state index is -2.94. The number of hydrogen-bond acceptors (Lipinski definition) is 4. The minimum absolute atomic E-state index is 0. The van der Waals surface area contributed by atoms with Crippen LogP contribution >= 0.6 is 0 Å². The predicted molar refractivity (Wildman–Crippen MR) is 41.4 cm³/mol. The van der Waals surface area contributed by atoms with Crippen LogP contribution in [0.2, 0.25) is 0 Å². The summed E-state index contributed by atoms with van der Waals surface area (Å²) in [6.07, 6.45) is 0. The van der Waals surface area contributed by atoms with Gasteiger partial charge in [-0.25, -0.2) is 8.42 Å². The molecule has 0 saturated heterocycles. The average Bonchev–Trinajstić information content (AvgIpc) is 1.87. The third kappa shape index (κ3) is 3.81. The largest absolute Gasteiger partial charge is 0.329 e. The standard InChI is InChI=1S/C5H14N2O2S/c1-2-10(8,9)4-5(7)3-6/h5H,2-4,6-7H2,1H3. The average molecular weight is 166 g/mol. The van der Waals surface area contributed by atoms with Crippen molar-refractivity contribution in [2.75, 3.05) is 18.1 Å². The van der Waals surface area contributed by atoms with Crippen molar-refractivity contribution in [3.8, 4) is 0 Å². The Morgan fingerprint density at radius 2 is 2.00 bits per heavy atom. The molecule has 0 bridgehead atoms. The Morgan fingerprint density at radius 3 is 2.30 bits per heavy atom. The first-order chi connectivity index (χ1) is 4.52. The van der Waals surface area contributed by atoms with E-state index in [4.69, 9.17) is 11.5 Å². The molecule has 0 fully saturated rings. The molecule has 0 aromatic heterocycles. The SMILES string of the molecule is CCS(=O)(=O)CC(N)CN. The van der Waals surface area contributed by atoms with Gasteiger partial charge in [0.1, 0.15) is 0 Å². The monoisotopic (exact) mass is 166 g/mol. The van der Waals surface area contributed by atoms with Crippen molar-refractivity contribution in [3.63, 3.8) is 0 Å². The highest BCUT2D eigenvalue weighted by molar-refractivity contribution is 7.91.